The number of hydrogen-bond donors (Lipinski definition) is 5. The number of amides is 2. The zero-order chi connectivity index (χ0) is 37.6. The molecule has 12 heteroatoms. The number of carboxylic acid groups (broad SMARTS) is 1. The average molecular weight is 707 g/mol. The van der Waals surface area contributed by atoms with Gasteiger partial charge in [-0.2, -0.15) is 0 Å². The van der Waals surface area contributed by atoms with Gasteiger partial charge in [0.1, 0.15) is 23.4 Å². The standard InChI is InChI=1S/C39H58N6O6/c1-4-21-45(42)34(29-15-9-6-10-16-29)33(46)26-30(25-28-13-7-5-8-14-28)35(47)31(24-27(2)3)36(48)43-32(17-11-12-20-40)37(49)44-22-18-39(41,19-23-44)38(50)51/h5-10,13-16,27,30-32,34H,4,11-12,17-26,40-42H2,1-3H3,(H,43,48)(H,50,51)/t30-,31-,32-,34-/m1/s1. The molecule has 1 aliphatic heterocycles. The van der Waals surface area contributed by atoms with Crippen LogP contribution in [0.2, 0.25) is 0 Å². The fraction of sp³-hybridized carbons (Fsp3) is 0.564. The number of Topliss-reactive ketones (excluding diaryl/α,β-unsaturated/α-hetero) is 2. The molecule has 8 N–H and O–H groups in total. The van der Waals surface area contributed by atoms with Gasteiger partial charge in [0.05, 0.1) is 5.92 Å². The zero-order valence-corrected chi connectivity index (χ0v) is 30.5. The Balaban J connectivity index is 1.92. The number of nitrogens with one attached hydrogen (secondary N) is 1. The zero-order valence-electron chi connectivity index (χ0n) is 30.5. The van der Waals surface area contributed by atoms with Gasteiger partial charge in [0.25, 0.3) is 0 Å². The Labute approximate surface area is 302 Å². The van der Waals surface area contributed by atoms with Crippen LogP contribution in [0.4, 0.5) is 0 Å². The summed E-state index contributed by atoms with van der Waals surface area (Å²) in [7, 11) is 0. The number of nitrogens with zero attached hydrogens (tertiary/aromatic N) is 2. The van der Waals surface area contributed by atoms with Crippen molar-refractivity contribution in [1.82, 2.24) is 15.2 Å². The second-order valence-corrected chi connectivity index (χ2v) is 14.3. The van der Waals surface area contributed by atoms with E-state index in [1.54, 1.807) is 0 Å². The maximum Gasteiger partial charge on any atom is 0.323 e. The van der Waals surface area contributed by atoms with Crippen molar-refractivity contribution < 1.29 is 29.1 Å². The molecule has 280 valence electrons. The lowest BCUT2D eigenvalue weighted by atomic mass is 9.79. The highest BCUT2D eigenvalue weighted by Crippen LogP contribution is 2.29. The average Bonchev–Trinajstić information content (AvgIpc) is 3.10. The number of aliphatic carboxylic acids is 1. The number of likely N-dealkylation sites (tertiary alicyclic amines) is 1. The molecule has 2 amide bonds. The summed E-state index contributed by atoms with van der Waals surface area (Å²) in [6.07, 6.45) is 2.78. The number of carbonyl (C=O) groups is 5. The number of carboxylic acids is 1. The summed E-state index contributed by atoms with van der Waals surface area (Å²) in [5.74, 6) is 1.89. The summed E-state index contributed by atoms with van der Waals surface area (Å²) >= 11 is 0. The van der Waals surface area contributed by atoms with Gasteiger partial charge < -0.3 is 26.8 Å². The minimum Gasteiger partial charge on any atom is -0.480 e. The second-order valence-electron chi connectivity index (χ2n) is 14.3. The molecule has 12 nitrogen and oxygen atoms in total. The molecule has 1 fully saturated rings. The lowest BCUT2D eigenvalue weighted by molar-refractivity contribution is -0.148. The lowest BCUT2D eigenvalue weighted by Crippen LogP contribution is -2.59. The van der Waals surface area contributed by atoms with Crippen LogP contribution in [0, 0.1) is 17.8 Å². The Morgan fingerprint density at radius 3 is 2.12 bits per heavy atom. The van der Waals surface area contributed by atoms with Crippen LogP contribution in [0.5, 0.6) is 0 Å². The first kappa shape index (κ1) is 41.5. The third-order valence-corrected chi connectivity index (χ3v) is 9.73. The molecule has 0 unspecified atom stereocenters. The number of unbranched alkanes of at least 4 members (excludes halogenated alkanes) is 1. The highest BCUT2D eigenvalue weighted by Gasteiger charge is 2.41. The summed E-state index contributed by atoms with van der Waals surface area (Å²) in [6.45, 7) is 6.99. The number of hydrogen-bond acceptors (Lipinski definition) is 9. The molecule has 0 aliphatic carbocycles. The minimum atomic E-state index is -1.41. The van der Waals surface area contributed by atoms with Crippen molar-refractivity contribution in [3.8, 4) is 0 Å². The molecule has 1 aliphatic rings. The molecule has 0 bridgehead atoms. The first-order valence-electron chi connectivity index (χ1n) is 18.3. The number of nitrogens with two attached hydrogens (primary N) is 3. The van der Waals surface area contributed by atoms with Crippen LogP contribution < -0.4 is 22.6 Å². The summed E-state index contributed by atoms with van der Waals surface area (Å²) < 4.78 is 0. The number of ketones is 2. The molecular weight excluding hydrogens is 648 g/mol. The Morgan fingerprint density at radius 1 is 0.961 bits per heavy atom. The number of hydrazine groups is 1. The molecule has 4 atom stereocenters. The van der Waals surface area contributed by atoms with E-state index in [1.165, 1.54) is 9.91 Å². The van der Waals surface area contributed by atoms with E-state index in [4.69, 9.17) is 17.3 Å². The molecule has 0 spiro atoms. The van der Waals surface area contributed by atoms with Crippen LogP contribution in [-0.2, 0) is 30.4 Å². The Morgan fingerprint density at radius 2 is 1.57 bits per heavy atom. The normalized spacial score (nSPS) is 16.7. The number of carbonyl (C=O) groups excluding carboxylic acids is 4. The van der Waals surface area contributed by atoms with Gasteiger partial charge in [-0.25, -0.2) is 5.01 Å². The van der Waals surface area contributed by atoms with Gasteiger partial charge in [0, 0.05) is 32.0 Å². The van der Waals surface area contributed by atoms with Gasteiger partial charge in [-0.15, -0.1) is 0 Å². The molecule has 1 saturated heterocycles. The van der Waals surface area contributed by atoms with Gasteiger partial charge in [-0.3, -0.25) is 29.8 Å². The molecule has 0 radical (unpaired) electrons. The van der Waals surface area contributed by atoms with E-state index in [0.29, 0.717) is 32.4 Å². The fourth-order valence-corrected chi connectivity index (χ4v) is 6.80. The third kappa shape index (κ3) is 12.1. The number of piperidine rings is 1. The number of rotatable bonds is 21. The van der Waals surface area contributed by atoms with Crippen LogP contribution >= 0.6 is 0 Å². The first-order valence-corrected chi connectivity index (χ1v) is 18.3. The van der Waals surface area contributed by atoms with E-state index in [2.05, 4.69) is 5.32 Å². The highest BCUT2D eigenvalue weighted by atomic mass is 16.4. The van der Waals surface area contributed by atoms with Crippen LogP contribution in [0.3, 0.4) is 0 Å². The van der Waals surface area contributed by atoms with E-state index in [1.807, 2.05) is 81.4 Å². The van der Waals surface area contributed by atoms with Gasteiger partial charge in [0.15, 0.2) is 5.78 Å². The van der Waals surface area contributed by atoms with Gasteiger partial charge in [-0.1, -0.05) is 81.4 Å². The fourth-order valence-electron chi connectivity index (χ4n) is 6.80. The van der Waals surface area contributed by atoms with Crippen LogP contribution in [-0.4, -0.2) is 82.1 Å². The predicted octanol–water partition coefficient (Wildman–Crippen LogP) is 3.38. The van der Waals surface area contributed by atoms with Gasteiger partial charge in [0.2, 0.25) is 11.8 Å². The molecule has 3 rings (SSSR count). The molecule has 2 aromatic carbocycles. The summed E-state index contributed by atoms with van der Waals surface area (Å²) in [6, 6.07) is 17.0. The van der Waals surface area contributed by atoms with Crippen molar-refractivity contribution in [3.63, 3.8) is 0 Å². The lowest BCUT2D eigenvalue weighted by Gasteiger charge is -2.38. The summed E-state index contributed by atoms with van der Waals surface area (Å²) in [5, 5.41) is 14.0. The van der Waals surface area contributed by atoms with E-state index < -0.39 is 41.3 Å². The van der Waals surface area contributed by atoms with E-state index in [-0.39, 0.29) is 68.6 Å². The second kappa shape index (κ2) is 20.2. The van der Waals surface area contributed by atoms with Crippen molar-refractivity contribution in [3.05, 3.63) is 71.8 Å². The van der Waals surface area contributed by atoms with Crippen molar-refractivity contribution in [2.45, 2.75) is 96.2 Å². The molecule has 2 aromatic rings. The van der Waals surface area contributed by atoms with Crippen molar-refractivity contribution in [1.29, 1.82) is 0 Å². The SMILES string of the molecule is CCCN(N)[C@@H](C(=O)C[C@@H](Cc1ccccc1)C(=O)[C@@H](CC(C)C)C(=O)N[C@H](CCCCN)C(=O)N1CCC(N)(C(=O)O)CC1)c1ccccc1. The Hall–Kier alpha value is -3.97. The Kier molecular flexibility index (Phi) is 16.4. The molecule has 1 heterocycles. The van der Waals surface area contributed by atoms with Crippen LogP contribution in [0.1, 0.15) is 89.3 Å². The first-order chi connectivity index (χ1) is 24.3. The molecule has 51 heavy (non-hydrogen) atoms. The summed E-state index contributed by atoms with van der Waals surface area (Å²) in [5.41, 5.74) is 12.0. The van der Waals surface area contributed by atoms with Gasteiger partial charge in [-0.05, 0) is 75.0 Å². The largest absolute Gasteiger partial charge is 0.480 e. The van der Waals surface area contributed by atoms with Crippen molar-refractivity contribution >= 4 is 29.4 Å². The van der Waals surface area contributed by atoms with E-state index in [0.717, 1.165) is 17.5 Å². The Bertz CT molecular complexity index is 1430. The number of benzene rings is 2. The van der Waals surface area contributed by atoms with Crippen molar-refractivity contribution in [2.24, 2.45) is 35.1 Å². The van der Waals surface area contributed by atoms with Crippen molar-refractivity contribution in [2.75, 3.05) is 26.2 Å². The molecule has 0 aromatic heterocycles. The quantitative estimate of drug-likeness (QED) is 0.0555. The molecular formula is C39H58N6O6. The van der Waals surface area contributed by atoms with E-state index >= 15 is 0 Å². The van der Waals surface area contributed by atoms with Crippen LogP contribution in [0.15, 0.2) is 60.7 Å². The molecule has 0 saturated carbocycles. The van der Waals surface area contributed by atoms with Crippen LogP contribution in [0.25, 0.3) is 0 Å². The van der Waals surface area contributed by atoms with Gasteiger partial charge >= 0.3 is 5.97 Å². The highest BCUT2D eigenvalue weighted by molar-refractivity contribution is 6.05. The third-order valence-electron chi connectivity index (χ3n) is 9.73. The monoisotopic (exact) mass is 706 g/mol. The minimum absolute atomic E-state index is 0.0406. The topological polar surface area (TPSA) is 202 Å². The maximum absolute atomic E-state index is 14.6. The maximum atomic E-state index is 14.6. The van der Waals surface area contributed by atoms with E-state index in [9.17, 15) is 29.1 Å². The summed E-state index contributed by atoms with van der Waals surface area (Å²) in [4.78, 5) is 70.0. The predicted molar refractivity (Wildman–Crippen MR) is 197 cm³/mol. The smallest absolute Gasteiger partial charge is 0.323 e.